The van der Waals surface area contributed by atoms with Crippen molar-refractivity contribution in [3.8, 4) is 0 Å². The molecule has 1 saturated heterocycles. The molecule has 0 spiro atoms. The van der Waals surface area contributed by atoms with E-state index in [2.05, 4.69) is 19.2 Å². The Labute approximate surface area is 100.0 Å². The molecule has 0 aromatic heterocycles. The molecular formula is C13H17F2NO. The van der Waals surface area contributed by atoms with Crippen LogP contribution in [0.2, 0.25) is 0 Å². The van der Waals surface area contributed by atoms with Crippen LogP contribution in [-0.2, 0) is 4.74 Å². The predicted molar refractivity (Wildman–Crippen MR) is 61.7 cm³/mol. The lowest BCUT2D eigenvalue weighted by Gasteiger charge is -2.23. The summed E-state index contributed by atoms with van der Waals surface area (Å²) < 4.78 is 31.6. The van der Waals surface area contributed by atoms with Gasteiger partial charge in [-0.2, -0.15) is 0 Å². The fourth-order valence-corrected chi connectivity index (χ4v) is 1.90. The standard InChI is InChI=1S/C13H17F2NO/c1-13(2)5-6-17-12(8-16-13)9-3-4-10(14)11(15)7-9/h3-4,7,12,16H,5-6,8H2,1-2H3. The second kappa shape index (κ2) is 4.70. The van der Waals surface area contributed by atoms with Crippen LogP contribution >= 0.6 is 0 Å². The Morgan fingerprint density at radius 3 is 2.76 bits per heavy atom. The molecule has 4 heteroatoms. The van der Waals surface area contributed by atoms with Gasteiger partial charge in [0.05, 0.1) is 6.10 Å². The fourth-order valence-electron chi connectivity index (χ4n) is 1.90. The van der Waals surface area contributed by atoms with E-state index in [1.807, 2.05) is 0 Å². The van der Waals surface area contributed by atoms with Crippen LogP contribution in [0.15, 0.2) is 18.2 Å². The first-order chi connectivity index (χ1) is 7.98. The zero-order valence-corrected chi connectivity index (χ0v) is 10.1. The highest BCUT2D eigenvalue weighted by molar-refractivity contribution is 5.21. The van der Waals surface area contributed by atoms with Crippen molar-refractivity contribution < 1.29 is 13.5 Å². The summed E-state index contributed by atoms with van der Waals surface area (Å²) in [5.41, 5.74) is 0.696. The topological polar surface area (TPSA) is 21.3 Å². The second-order valence-corrected chi connectivity index (χ2v) is 5.05. The van der Waals surface area contributed by atoms with E-state index in [1.165, 1.54) is 6.07 Å². The maximum Gasteiger partial charge on any atom is 0.159 e. The molecule has 1 aliphatic heterocycles. The van der Waals surface area contributed by atoms with Crippen molar-refractivity contribution in [3.05, 3.63) is 35.4 Å². The first-order valence-corrected chi connectivity index (χ1v) is 5.79. The molecule has 94 valence electrons. The molecule has 0 amide bonds. The lowest BCUT2D eigenvalue weighted by atomic mass is 10.0. The Balaban J connectivity index is 2.14. The maximum atomic E-state index is 13.1. The van der Waals surface area contributed by atoms with E-state index in [0.29, 0.717) is 18.7 Å². The lowest BCUT2D eigenvalue weighted by molar-refractivity contribution is 0.0653. The molecule has 0 radical (unpaired) electrons. The van der Waals surface area contributed by atoms with E-state index in [4.69, 9.17) is 4.74 Å². The zero-order chi connectivity index (χ0) is 12.5. The third-order valence-electron chi connectivity index (χ3n) is 3.13. The van der Waals surface area contributed by atoms with Gasteiger partial charge in [0.25, 0.3) is 0 Å². The van der Waals surface area contributed by atoms with Crippen LogP contribution in [0.1, 0.15) is 31.9 Å². The largest absolute Gasteiger partial charge is 0.372 e. The zero-order valence-electron chi connectivity index (χ0n) is 10.1. The average Bonchev–Trinajstić information content (AvgIpc) is 2.44. The van der Waals surface area contributed by atoms with E-state index in [9.17, 15) is 8.78 Å². The van der Waals surface area contributed by atoms with Crippen LogP contribution in [0.4, 0.5) is 8.78 Å². The van der Waals surface area contributed by atoms with Gasteiger partial charge in [0.2, 0.25) is 0 Å². The Hall–Kier alpha value is -1.00. The molecule has 1 aliphatic rings. The molecule has 1 unspecified atom stereocenters. The average molecular weight is 241 g/mol. The van der Waals surface area contributed by atoms with Crippen LogP contribution in [0, 0.1) is 11.6 Å². The van der Waals surface area contributed by atoms with Crippen molar-refractivity contribution in [2.45, 2.75) is 31.9 Å². The van der Waals surface area contributed by atoms with Gasteiger partial charge in [-0.3, -0.25) is 0 Å². The summed E-state index contributed by atoms with van der Waals surface area (Å²) >= 11 is 0. The number of ether oxygens (including phenoxy) is 1. The van der Waals surface area contributed by atoms with Gasteiger partial charge in [0.1, 0.15) is 0 Å². The molecule has 1 aromatic rings. The van der Waals surface area contributed by atoms with Crippen LogP contribution in [-0.4, -0.2) is 18.7 Å². The monoisotopic (exact) mass is 241 g/mol. The van der Waals surface area contributed by atoms with Crippen molar-refractivity contribution in [1.29, 1.82) is 0 Å². The Bertz CT molecular complexity index is 406. The third-order valence-corrected chi connectivity index (χ3v) is 3.13. The maximum absolute atomic E-state index is 13.1. The molecule has 1 heterocycles. The van der Waals surface area contributed by atoms with E-state index >= 15 is 0 Å². The minimum atomic E-state index is -0.824. The molecule has 17 heavy (non-hydrogen) atoms. The number of benzene rings is 1. The molecule has 2 nitrogen and oxygen atoms in total. The van der Waals surface area contributed by atoms with Gasteiger partial charge >= 0.3 is 0 Å². The van der Waals surface area contributed by atoms with Crippen molar-refractivity contribution in [1.82, 2.24) is 5.32 Å². The first kappa shape index (κ1) is 12.5. The van der Waals surface area contributed by atoms with Crippen molar-refractivity contribution in [3.63, 3.8) is 0 Å². The number of rotatable bonds is 1. The Morgan fingerprint density at radius 1 is 1.29 bits per heavy atom. The summed E-state index contributed by atoms with van der Waals surface area (Å²) in [6.07, 6.45) is 0.680. The Kier molecular flexibility index (Phi) is 3.45. The Morgan fingerprint density at radius 2 is 2.06 bits per heavy atom. The highest BCUT2D eigenvalue weighted by Gasteiger charge is 2.25. The number of hydrogen-bond donors (Lipinski definition) is 1. The van der Waals surface area contributed by atoms with Gasteiger partial charge in [0, 0.05) is 18.7 Å². The molecule has 1 fully saturated rings. The number of nitrogens with one attached hydrogen (secondary N) is 1. The van der Waals surface area contributed by atoms with Gasteiger partial charge in [-0.15, -0.1) is 0 Å². The fraction of sp³-hybridized carbons (Fsp3) is 0.538. The van der Waals surface area contributed by atoms with Crippen molar-refractivity contribution in [2.75, 3.05) is 13.2 Å². The highest BCUT2D eigenvalue weighted by Crippen LogP contribution is 2.24. The van der Waals surface area contributed by atoms with Crippen molar-refractivity contribution in [2.24, 2.45) is 0 Å². The molecular weight excluding hydrogens is 224 g/mol. The smallest absolute Gasteiger partial charge is 0.159 e. The minimum Gasteiger partial charge on any atom is -0.372 e. The summed E-state index contributed by atoms with van der Waals surface area (Å²) in [6.45, 7) is 5.43. The van der Waals surface area contributed by atoms with Crippen molar-refractivity contribution >= 4 is 0 Å². The van der Waals surface area contributed by atoms with Crippen LogP contribution in [0.5, 0.6) is 0 Å². The second-order valence-electron chi connectivity index (χ2n) is 5.05. The quantitative estimate of drug-likeness (QED) is 0.816. The van der Waals surface area contributed by atoms with Gasteiger partial charge in [-0.1, -0.05) is 6.07 Å². The summed E-state index contributed by atoms with van der Waals surface area (Å²) in [5, 5.41) is 3.36. The van der Waals surface area contributed by atoms with Gasteiger partial charge in [-0.25, -0.2) is 8.78 Å². The normalized spacial score (nSPS) is 24.4. The summed E-state index contributed by atoms with van der Waals surface area (Å²) in [7, 11) is 0. The minimum absolute atomic E-state index is 0.0212. The molecule has 1 N–H and O–H groups in total. The van der Waals surface area contributed by atoms with Crippen LogP contribution < -0.4 is 5.32 Å². The molecule has 0 bridgehead atoms. The van der Waals surface area contributed by atoms with Gasteiger partial charge in [0.15, 0.2) is 11.6 Å². The predicted octanol–water partition coefficient (Wildman–Crippen LogP) is 2.79. The highest BCUT2D eigenvalue weighted by atomic mass is 19.2. The number of halogens is 2. The summed E-state index contributed by atoms with van der Waals surface area (Å²) in [6, 6.07) is 3.92. The van der Waals surface area contributed by atoms with E-state index in [-0.39, 0.29) is 11.6 Å². The lowest BCUT2D eigenvalue weighted by Crippen LogP contribution is -2.39. The number of hydrogen-bond acceptors (Lipinski definition) is 2. The SMILES string of the molecule is CC1(C)CCOC(c2ccc(F)c(F)c2)CN1. The molecule has 2 rings (SSSR count). The molecule has 0 saturated carbocycles. The molecule has 1 atom stereocenters. The molecule has 1 aromatic carbocycles. The van der Waals surface area contributed by atoms with Gasteiger partial charge in [-0.05, 0) is 38.0 Å². The summed E-state index contributed by atoms with van der Waals surface area (Å²) in [4.78, 5) is 0. The van der Waals surface area contributed by atoms with Crippen LogP contribution in [0.25, 0.3) is 0 Å². The summed E-state index contributed by atoms with van der Waals surface area (Å²) in [5.74, 6) is -1.65. The first-order valence-electron chi connectivity index (χ1n) is 5.79. The van der Waals surface area contributed by atoms with Crippen LogP contribution in [0.3, 0.4) is 0 Å². The van der Waals surface area contributed by atoms with E-state index in [1.54, 1.807) is 6.07 Å². The third kappa shape index (κ3) is 3.01. The van der Waals surface area contributed by atoms with E-state index in [0.717, 1.165) is 12.5 Å². The molecule has 0 aliphatic carbocycles. The van der Waals surface area contributed by atoms with E-state index < -0.39 is 11.6 Å². The van der Waals surface area contributed by atoms with Gasteiger partial charge < -0.3 is 10.1 Å².